The summed E-state index contributed by atoms with van der Waals surface area (Å²) in [7, 11) is 0. The number of hydrogen-bond acceptors (Lipinski definition) is 3. The number of aryl methyl sites for hydroxylation is 2. The summed E-state index contributed by atoms with van der Waals surface area (Å²) in [6.07, 6.45) is 8.28. The van der Waals surface area contributed by atoms with Crippen LogP contribution in [0.5, 0.6) is 0 Å². The lowest BCUT2D eigenvalue weighted by Crippen LogP contribution is -2.41. The van der Waals surface area contributed by atoms with E-state index >= 15 is 0 Å². The second-order valence-electron chi connectivity index (χ2n) is 5.86. The fraction of sp³-hybridized carbons (Fsp3) is 0.471. The molecule has 0 bridgehead atoms. The standard InChI is InChI=1S/C17H24N4/c1-2-10-21-11-9-19-17(21)12-16(20-18)15-8-7-13-5-3-4-6-14(13)15/h3-6,9,11,15-16,20H,2,7-8,10,12,18H2,1H3. The maximum atomic E-state index is 5.86. The Morgan fingerprint density at radius 3 is 3.10 bits per heavy atom. The Morgan fingerprint density at radius 2 is 2.29 bits per heavy atom. The number of rotatable bonds is 6. The minimum absolute atomic E-state index is 0.242. The van der Waals surface area contributed by atoms with Gasteiger partial charge in [0.25, 0.3) is 0 Å². The predicted molar refractivity (Wildman–Crippen MR) is 84.8 cm³/mol. The van der Waals surface area contributed by atoms with Crippen LogP contribution >= 0.6 is 0 Å². The number of imidazole rings is 1. The van der Waals surface area contributed by atoms with Crippen molar-refractivity contribution >= 4 is 0 Å². The molecule has 1 aromatic heterocycles. The van der Waals surface area contributed by atoms with Crippen molar-refractivity contribution in [2.24, 2.45) is 5.84 Å². The first kappa shape index (κ1) is 14.3. The van der Waals surface area contributed by atoms with Crippen molar-refractivity contribution in [2.45, 2.75) is 51.1 Å². The highest BCUT2D eigenvalue weighted by Crippen LogP contribution is 2.36. The van der Waals surface area contributed by atoms with Crippen molar-refractivity contribution in [2.75, 3.05) is 0 Å². The summed E-state index contributed by atoms with van der Waals surface area (Å²) in [4.78, 5) is 4.52. The molecule has 0 fully saturated rings. The molecule has 0 amide bonds. The summed E-state index contributed by atoms with van der Waals surface area (Å²) < 4.78 is 2.24. The highest BCUT2D eigenvalue weighted by molar-refractivity contribution is 5.36. The average molecular weight is 284 g/mol. The van der Waals surface area contributed by atoms with Gasteiger partial charge in [0, 0.05) is 37.3 Å². The highest BCUT2D eigenvalue weighted by atomic mass is 15.2. The zero-order valence-corrected chi connectivity index (χ0v) is 12.6. The zero-order valence-electron chi connectivity index (χ0n) is 12.6. The second-order valence-corrected chi connectivity index (χ2v) is 5.86. The van der Waals surface area contributed by atoms with Crippen molar-refractivity contribution in [1.29, 1.82) is 0 Å². The van der Waals surface area contributed by atoms with E-state index in [0.29, 0.717) is 5.92 Å². The Labute approximate surface area is 126 Å². The molecule has 0 saturated heterocycles. The van der Waals surface area contributed by atoms with Gasteiger partial charge < -0.3 is 4.57 Å². The number of hydrazine groups is 1. The summed E-state index contributed by atoms with van der Waals surface area (Å²) >= 11 is 0. The minimum atomic E-state index is 0.242. The van der Waals surface area contributed by atoms with Crippen LogP contribution in [0, 0.1) is 0 Å². The van der Waals surface area contributed by atoms with Gasteiger partial charge >= 0.3 is 0 Å². The molecule has 4 heteroatoms. The number of nitrogens with zero attached hydrogens (tertiary/aromatic N) is 2. The van der Waals surface area contributed by atoms with Gasteiger partial charge in [0.05, 0.1) is 0 Å². The molecule has 0 radical (unpaired) electrons. The van der Waals surface area contributed by atoms with Gasteiger partial charge in [0.2, 0.25) is 0 Å². The Bertz CT molecular complexity index is 590. The van der Waals surface area contributed by atoms with Crippen molar-refractivity contribution in [3.05, 3.63) is 53.6 Å². The summed E-state index contributed by atoms with van der Waals surface area (Å²) in [5, 5.41) is 0. The van der Waals surface area contributed by atoms with Gasteiger partial charge in [-0.3, -0.25) is 11.3 Å². The van der Waals surface area contributed by atoms with E-state index in [1.54, 1.807) is 0 Å². The molecule has 1 aliphatic rings. The van der Waals surface area contributed by atoms with Gasteiger partial charge in [0.1, 0.15) is 5.82 Å². The quantitative estimate of drug-likeness (QED) is 0.632. The lowest BCUT2D eigenvalue weighted by atomic mass is 9.91. The number of nitrogens with two attached hydrogens (primary N) is 1. The maximum absolute atomic E-state index is 5.86. The first-order chi connectivity index (χ1) is 10.3. The fourth-order valence-corrected chi connectivity index (χ4v) is 3.50. The van der Waals surface area contributed by atoms with Crippen LogP contribution in [0.25, 0.3) is 0 Å². The normalized spacial score (nSPS) is 18.7. The van der Waals surface area contributed by atoms with Crippen LogP contribution in [0.2, 0.25) is 0 Å². The number of fused-ring (bicyclic) bond motifs is 1. The molecule has 1 aromatic carbocycles. The summed E-state index contributed by atoms with van der Waals surface area (Å²) in [5.74, 6) is 7.48. The van der Waals surface area contributed by atoms with E-state index in [0.717, 1.165) is 31.6 Å². The molecule has 1 aliphatic carbocycles. The van der Waals surface area contributed by atoms with Gasteiger partial charge in [-0.2, -0.15) is 0 Å². The highest BCUT2D eigenvalue weighted by Gasteiger charge is 2.29. The Morgan fingerprint density at radius 1 is 1.43 bits per heavy atom. The lowest BCUT2D eigenvalue weighted by molar-refractivity contribution is 0.420. The summed E-state index contributed by atoms with van der Waals surface area (Å²) in [5.41, 5.74) is 5.96. The Balaban J connectivity index is 1.79. The first-order valence-electron chi connectivity index (χ1n) is 7.87. The van der Waals surface area contributed by atoms with Crippen molar-refractivity contribution < 1.29 is 0 Å². The molecule has 0 saturated carbocycles. The van der Waals surface area contributed by atoms with Gasteiger partial charge in [-0.15, -0.1) is 0 Å². The summed E-state index contributed by atoms with van der Waals surface area (Å²) in [6, 6.07) is 8.98. The van der Waals surface area contributed by atoms with Crippen LogP contribution in [0.15, 0.2) is 36.7 Å². The van der Waals surface area contributed by atoms with E-state index in [4.69, 9.17) is 5.84 Å². The van der Waals surface area contributed by atoms with Gasteiger partial charge in [0.15, 0.2) is 0 Å². The van der Waals surface area contributed by atoms with Gasteiger partial charge in [-0.05, 0) is 30.4 Å². The van der Waals surface area contributed by atoms with E-state index in [-0.39, 0.29) is 6.04 Å². The largest absolute Gasteiger partial charge is 0.335 e. The zero-order chi connectivity index (χ0) is 14.7. The molecule has 0 aliphatic heterocycles. The second kappa shape index (κ2) is 6.41. The molecule has 21 heavy (non-hydrogen) atoms. The van der Waals surface area contributed by atoms with Crippen LogP contribution in [-0.4, -0.2) is 15.6 Å². The molecule has 3 N–H and O–H groups in total. The molecule has 0 spiro atoms. The fourth-order valence-electron chi connectivity index (χ4n) is 3.50. The van der Waals surface area contributed by atoms with Crippen molar-refractivity contribution in [3.63, 3.8) is 0 Å². The van der Waals surface area contributed by atoms with Crippen LogP contribution < -0.4 is 11.3 Å². The molecule has 2 aromatic rings. The minimum Gasteiger partial charge on any atom is -0.335 e. The average Bonchev–Trinajstić information content (AvgIpc) is 3.12. The van der Waals surface area contributed by atoms with Crippen LogP contribution in [0.1, 0.15) is 42.6 Å². The number of benzene rings is 1. The van der Waals surface area contributed by atoms with Gasteiger partial charge in [-0.25, -0.2) is 4.98 Å². The third-order valence-electron chi connectivity index (χ3n) is 4.55. The summed E-state index contributed by atoms with van der Waals surface area (Å²) in [6.45, 7) is 3.21. The Kier molecular flexibility index (Phi) is 4.36. The first-order valence-corrected chi connectivity index (χ1v) is 7.87. The smallest absolute Gasteiger partial charge is 0.110 e. The molecule has 2 atom stereocenters. The van der Waals surface area contributed by atoms with E-state index in [1.165, 1.54) is 17.5 Å². The number of aromatic nitrogens is 2. The monoisotopic (exact) mass is 284 g/mol. The third-order valence-corrected chi connectivity index (χ3v) is 4.55. The predicted octanol–water partition coefficient (Wildman–Crippen LogP) is 2.40. The number of nitrogens with one attached hydrogen (secondary N) is 1. The van der Waals surface area contributed by atoms with Crippen molar-refractivity contribution in [3.8, 4) is 0 Å². The molecule has 4 nitrogen and oxygen atoms in total. The topological polar surface area (TPSA) is 55.9 Å². The van der Waals surface area contributed by atoms with Crippen LogP contribution in [0.4, 0.5) is 0 Å². The number of hydrogen-bond donors (Lipinski definition) is 2. The van der Waals surface area contributed by atoms with Crippen molar-refractivity contribution in [1.82, 2.24) is 15.0 Å². The molecule has 112 valence electrons. The molecule has 2 unspecified atom stereocenters. The molecular formula is C17H24N4. The van der Waals surface area contributed by atoms with E-state index in [9.17, 15) is 0 Å². The molecular weight excluding hydrogens is 260 g/mol. The molecule has 1 heterocycles. The Hall–Kier alpha value is -1.65. The van der Waals surface area contributed by atoms with Gasteiger partial charge in [-0.1, -0.05) is 31.2 Å². The van der Waals surface area contributed by atoms with E-state index in [1.807, 2.05) is 6.20 Å². The third kappa shape index (κ3) is 2.87. The SMILES string of the molecule is CCCn1ccnc1CC(NN)C1CCc2ccccc21. The van der Waals surface area contributed by atoms with Crippen LogP contribution in [0.3, 0.4) is 0 Å². The van der Waals surface area contributed by atoms with E-state index < -0.39 is 0 Å². The lowest BCUT2D eigenvalue weighted by Gasteiger charge is -2.24. The molecule has 3 rings (SSSR count). The van der Waals surface area contributed by atoms with Crippen LogP contribution in [-0.2, 0) is 19.4 Å². The maximum Gasteiger partial charge on any atom is 0.110 e. The van der Waals surface area contributed by atoms with E-state index in [2.05, 4.69) is 52.4 Å².